The molecule has 0 spiro atoms. The fraction of sp³-hybridized carbons (Fsp3) is 0.0435. The molecule has 0 radical (unpaired) electrons. The third-order valence-corrected chi connectivity index (χ3v) is 6.49. The molecule has 0 aliphatic rings. The van der Waals surface area contributed by atoms with Crippen LogP contribution in [0.2, 0.25) is 15.1 Å². The molecule has 0 aliphatic carbocycles. The lowest BCUT2D eigenvalue weighted by atomic mass is 10.2. The number of hydrogen-bond acceptors (Lipinski definition) is 4. The van der Waals surface area contributed by atoms with E-state index in [1.165, 1.54) is 11.3 Å². The minimum atomic E-state index is -0.145. The van der Waals surface area contributed by atoms with Crippen LogP contribution >= 0.6 is 46.1 Å². The SMILES string of the molecule is O=c1c(=Cc2cc(Cl)cc(Cl)c2OCc2ccc(Cl)cc2)sc2nc3ccccc3n12. The van der Waals surface area contributed by atoms with Crippen LogP contribution in [0.4, 0.5) is 0 Å². The summed E-state index contributed by atoms with van der Waals surface area (Å²) in [4.78, 5) is 18.3. The Labute approximate surface area is 195 Å². The minimum absolute atomic E-state index is 0.145. The fourth-order valence-corrected chi connectivity index (χ4v) is 5.00. The first-order valence-corrected chi connectivity index (χ1v) is 11.2. The van der Waals surface area contributed by atoms with Gasteiger partial charge < -0.3 is 4.74 Å². The molecule has 2 heterocycles. The molecular formula is C23H13Cl3N2O2S. The molecule has 0 saturated carbocycles. The highest BCUT2D eigenvalue weighted by molar-refractivity contribution is 7.15. The van der Waals surface area contributed by atoms with Crippen LogP contribution < -0.4 is 14.8 Å². The van der Waals surface area contributed by atoms with Gasteiger partial charge in [-0.15, -0.1) is 0 Å². The van der Waals surface area contributed by atoms with Crippen molar-refractivity contribution in [2.45, 2.75) is 6.61 Å². The van der Waals surface area contributed by atoms with Crippen molar-refractivity contribution in [3.63, 3.8) is 0 Å². The summed E-state index contributed by atoms with van der Waals surface area (Å²) in [6.07, 6.45) is 1.74. The van der Waals surface area contributed by atoms with Crippen LogP contribution in [0, 0.1) is 0 Å². The third kappa shape index (κ3) is 3.90. The number of fused-ring (bicyclic) bond motifs is 3. The summed E-state index contributed by atoms with van der Waals surface area (Å²) in [6.45, 7) is 0.294. The number of halogens is 3. The van der Waals surface area contributed by atoms with Gasteiger partial charge in [0.2, 0.25) is 0 Å². The first-order valence-electron chi connectivity index (χ1n) is 9.27. The van der Waals surface area contributed by atoms with E-state index in [9.17, 15) is 4.79 Å². The Kier molecular flexibility index (Phi) is 5.36. The first kappa shape index (κ1) is 20.3. The van der Waals surface area contributed by atoms with Crippen molar-refractivity contribution in [3.05, 3.63) is 102 Å². The number of nitrogens with zero attached hydrogens (tertiary/aromatic N) is 2. The maximum atomic E-state index is 13.1. The van der Waals surface area contributed by atoms with E-state index in [0.717, 1.165) is 16.6 Å². The second-order valence-corrected chi connectivity index (χ2v) is 9.14. The molecule has 5 aromatic rings. The molecule has 5 rings (SSSR count). The molecule has 0 bridgehead atoms. The normalized spacial score (nSPS) is 12.2. The molecule has 0 atom stereocenters. The Balaban J connectivity index is 1.60. The van der Waals surface area contributed by atoms with E-state index < -0.39 is 0 Å². The number of para-hydroxylation sites is 2. The highest BCUT2D eigenvalue weighted by atomic mass is 35.5. The number of benzene rings is 3. The molecule has 8 heteroatoms. The maximum absolute atomic E-state index is 13.1. The number of thiazole rings is 1. The predicted octanol–water partition coefficient (Wildman–Crippen LogP) is 6.00. The lowest BCUT2D eigenvalue weighted by molar-refractivity contribution is 0.306. The average Bonchev–Trinajstić information content (AvgIpc) is 3.25. The van der Waals surface area contributed by atoms with E-state index in [1.807, 2.05) is 36.4 Å². The van der Waals surface area contributed by atoms with Crippen LogP contribution in [0.15, 0.2) is 65.5 Å². The highest BCUT2D eigenvalue weighted by Crippen LogP contribution is 2.33. The number of ether oxygens (including phenoxy) is 1. The molecule has 2 aromatic heterocycles. The Bertz CT molecular complexity index is 1540. The number of hydrogen-bond donors (Lipinski definition) is 0. The molecule has 154 valence electrons. The van der Waals surface area contributed by atoms with Gasteiger partial charge in [-0.2, -0.15) is 0 Å². The van der Waals surface area contributed by atoms with E-state index in [1.54, 1.807) is 34.7 Å². The molecule has 0 amide bonds. The van der Waals surface area contributed by atoms with E-state index >= 15 is 0 Å². The Hall–Kier alpha value is -2.57. The van der Waals surface area contributed by atoms with Gasteiger partial charge in [0.25, 0.3) is 5.56 Å². The van der Waals surface area contributed by atoms with Gasteiger partial charge in [0.15, 0.2) is 4.96 Å². The van der Waals surface area contributed by atoms with Crippen molar-refractivity contribution < 1.29 is 4.74 Å². The Morgan fingerprint density at radius 3 is 2.58 bits per heavy atom. The molecule has 0 aliphatic heterocycles. The molecule has 31 heavy (non-hydrogen) atoms. The van der Waals surface area contributed by atoms with E-state index in [-0.39, 0.29) is 5.56 Å². The number of rotatable bonds is 4. The molecular weight excluding hydrogens is 475 g/mol. The van der Waals surface area contributed by atoms with Crippen LogP contribution in [0.25, 0.3) is 22.1 Å². The smallest absolute Gasteiger partial charge is 0.274 e. The zero-order valence-electron chi connectivity index (χ0n) is 15.8. The minimum Gasteiger partial charge on any atom is -0.487 e. The second-order valence-electron chi connectivity index (χ2n) is 6.86. The Morgan fingerprint density at radius 2 is 1.77 bits per heavy atom. The van der Waals surface area contributed by atoms with Crippen molar-refractivity contribution in [2.24, 2.45) is 0 Å². The molecule has 3 aromatic carbocycles. The zero-order chi connectivity index (χ0) is 21.5. The Morgan fingerprint density at radius 1 is 1.00 bits per heavy atom. The van der Waals surface area contributed by atoms with E-state index in [2.05, 4.69) is 4.98 Å². The van der Waals surface area contributed by atoms with E-state index in [4.69, 9.17) is 39.5 Å². The average molecular weight is 488 g/mol. The number of aromatic nitrogens is 2. The standard InChI is InChI=1S/C23H13Cl3N2O2S/c24-15-7-5-13(6-8-15)12-30-21-14(9-16(25)11-17(21)26)10-20-22(29)28-19-4-2-1-3-18(19)27-23(28)31-20/h1-11H,12H2. The van der Waals surface area contributed by atoms with Gasteiger partial charge in [-0.25, -0.2) is 9.38 Å². The first-order chi connectivity index (χ1) is 15.0. The summed E-state index contributed by atoms with van der Waals surface area (Å²) >= 11 is 19.9. The van der Waals surface area contributed by atoms with Gasteiger partial charge in [0.05, 0.1) is 20.6 Å². The monoisotopic (exact) mass is 486 g/mol. The summed E-state index contributed by atoms with van der Waals surface area (Å²) in [5.41, 5.74) is 2.98. The maximum Gasteiger partial charge on any atom is 0.274 e. The zero-order valence-corrected chi connectivity index (χ0v) is 18.9. The van der Waals surface area contributed by atoms with Gasteiger partial charge in [0, 0.05) is 15.6 Å². The summed E-state index contributed by atoms with van der Waals surface area (Å²) in [7, 11) is 0. The fourth-order valence-electron chi connectivity index (χ4n) is 3.33. The van der Waals surface area contributed by atoms with Gasteiger partial charge in [-0.05, 0) is 48.0 Å². The summed E-state index contributed by atoms with van der Waals surface area (Å²) < 4.78 is 8.14. The van der Waals surface area contributed by atoms with Crippen molar-refractivity contribution >= 4 is 68.2 Å². The summed E-state index contributed by atoms with van der Waals surface area (Å²) in [5, 5.41) is 1.47. The molecule has 0 unspecified atom stereocenters. The second kappa shape index (κ2) is 8.17. The van der Waals surface area contributed by atoms with Crippen LogP contribution in [-0.2, 0) is 6.61 Å². The summed E-state index contributed by atoms with van der Waals surface area (Å²) in [6, 6.07) is 18.2. The van der Waals surface area contributed by atoms with Gasteiger partial charge in [-0.1, -0.05) is 70.4 Å². The predicted molar refractivity (Wildman–Crippen MR) is 128 cm³/mol. The lowest BCUT2D eigenvalue weighted by Crippen LogP contribution is -2.22. The van der Waals surface area contributed by atoms with Gasteiger partial charge in [-0.3, -0.25) is 4.79 Å². The van der Waals surface area contributed by atoms with Crippen molar-refractivity contribution in [1.82, 2.24) is 9.38 Å². The quantitative estimate of drug-likeness (QED) is 0.312. The highest BCUT2D eigenvalue weighted by Gasteiger charge is 2.14. The molecule has 0 fully saturated rings. The van der Waals surface area contributed by atoms with Crippen LogP contribution in [-0.4, -0.2) is 9.38 Å². The third-order valence-electron chi connectivity index (χ3n) is 4.77. The van der Waals surface area contributed by atoms with E-state index in [0.29, 0.717) is 42.5 Å². The van der Waals surface area contributed by atoms with Crippen LogP contribution in [0.1, 0.15) is 11.1 Å². The largest absolute Gasteiger partial charge is 0.487 e. The molecule has 0 N–H and O–H groups in total. The molecule has 4 nitrogen and oxygen atoms in total. The van der Waals surface area contributed by atoms with Crippen LogP contribution in [0.5, 0.6) is 5.75 Å². The lowest BCUT2D eigenvalue weighted by Gasteiger charge is -2.12. The summed E-state index contributed by atoms with van der Waals surface area (Å²) in [5.74, 6) is 0.455. The van der Waals surface area contributed by atoms with Gasteiger partial charge >= 0.3 is 0 Å². The van der Waals surface area contributed by atoms with Crippen molar-refractivity contribution in [1.29, 1.82) is 0 Å². The van der Waals surface area contributed by atoms with Crippen molar-refractivity contribution in [2.75, 3.05) is 0 Å². The van der Waals surface area contributed by atoms with Crippen LogP contribution in [0.3, 0.4) is 0 Å². The van der Waals surface area contributed by atoms with Gasteiger partial charge in [0.1, 0.15) is 12.4 Å². The molecule has 0 saturated heterocycles. The topological polar surface area (TPSA) is 43.6 Å². The number of imidazole rings is 1. The van der Waals surface area contributed by atoms with Crippen molar-refractivity contribution in [3.8, 4) is 5.75 Å².